The SMILES string of the molecule is COC(=O)C1CC(=O)N(c2ccnn2-c2ccccc2)C1. The molecule has 1 aliphatic heterocycles. The number of para-hydroxylation sites is 1. The molecule has 6 heteroatoms. The molecule has 0 aliphatic carbocycles. The quantitative estimate of drug-likeness (QED) is 0.800. The summed E-state index contributed by atoms with van der Waals surface area (Å²) in [6, 6.07) is 11.3. The first kappa shape index (κ1) is 13.4. The maximum Gasteiger partial charge on any atom is 0.311 e. The van der Waals surface area contributed by atoms with E-state index in [-0.39, 0.29) is 18.3 Å². The topological polar surface area (TPSA) is 64.4 Å². The molecule has 0 N–H and O–H groups in total. The molecule has 2 aromatic rings. The zero-order chi connectivity index (χ0) is 14.8. The van der Waals surface area contributed by atoms with Crippen molar-refractivity contribution in [3.8, 4) is 5.69 Å². The van der Waals surface area contributed by atoms with E-state index in [9.17, 15) is 9.59 Å². The van der Waals surface area contributed by atoms with Gasteiger partial charge in [0.2, 0.25) is 5.91 Å². The number of nitrogens with zero attached hydrogens (tertiary/aromatic N) is 3. The zero-order valence-electron chi connectivity index (χ0n) is 11.6. The van der Waals surface area contributed by atoms with Crippen molar-refractivity contribution in [2.24, 2.45) is 5.92 Å². The monoisotopic (exact) mass is 285 g/mol. The van der Waals surface area contributed by atoms with E-state index < -0.39 is 5.92 Å². The van der Waals surface area contributed by atoms with Crippen molar-refractivity contribution in [3.63, 3.8) is 0 Å². The van der Waals surface area contributed by atoms with E-state index in [1.54, 1.807) is 21.8 Å². The molecule has 0 saturated carbocycles. The predicted octanol–water partition coefficient (Wildman–Crippen LogP) is 1.40. The second-order valence-electron chi connectivity index (χ2n) is 4.87. The number of carbonyl (C=O) groups excluding carboxylic acids is 2. The standard InChI is InChI=1S/C15H15N3O3/c1-21-15(20)11-9-14(19)17(10-11)13-7-8-16-18(13)12-5-3-2-4-6-12/h2-8,11H,9-10H2,1H3. The van der Waals surface area contributed by atoms with Crippen LogP contribution in [-0.4, -0.2) is 35.3 Å². The van der Waals surface area contributed by atoms with Gasteiger partial charge in [-0.2, -0.15) is 5.10 Å². The number of carbonyl (C=O) groups is 2. The van der Waals surface area contributed by atoms with Crippen LogP contribution in [0, 0.1) is 5.92 Å². The zero-order valence-corrected chi connectivity index (χ0v) is 11.6. The molecule has 1 aromatic carbocycles. The van der Waals surface area contributed by atoms with Crippen LogP contribution < -0.4 is 4.90 Å². The number of hydrogen-bond acceptors (Lipinski definition) is 4. The van der Waals surface area contributed by atoms with Crippen molar-refractivity contribution in [3.05, 3.63) is 42.6 Å². The molecule has 1 aliphatic rings. The second kappa shape index (κ2) is 5.40. The lowest BCUT2D eigenvalue weighted by atomic mass is 10.1. The van der Waals surface area contributed by atoms with Gasteiger partial charge in [0.25, 0.3) is 0 Å². The molecule has 1 atom stereocenters. The molecule has 1 saturated heterocycles. The first-order valence-corrected chi connectivity index (χ1v) is 6.68. The van der Waals surface area contributed by atoms with E-state index in [2.05, 4.69) is 5.10 Å². The average molecular weight is 285 g/mol. The third-order valence-electron chi connectivity index (χ3n) is 3.56. The van der Waals surface area contributed by atoms with Crippen molar-refractivity contribution in [2.45, 2.75) is 6.42 Å². The summed E-state index contributed by atoms with van der Waals surface area (Å²) >= 11 is 0. The summed E-state index contributed by atoms with van der Waals surface area (Å²) in [4.78, 5) is 25.4. The van der Waals surface area contributed by atoms with E-state index in [0.29, 0.717) is 12.4 Å². The van der Waals surface area contributed by atoms with Gasteiger partial charge in [0.15, 0.2) is 0 Å². The van der Waals surface area contributed by atoms with E-state index >= 15 is 0 Å². The first-order chi connectivity index (χ1) is 10.2. The fourth-order valence-corrected chi connectivity index (χ4v) is 2.52. The normalized spacial score (nSPS) is 18.0. The number of methoxy groups -OCH3 is 1. The average Bonchev–Trinajstić information content (AvgIpc) is 3.13. The Morgan fingerprint density at radius 3 is 2.76 bits per heavy atom. The van der Waals surface area contributed by atoms with Gasteiger partial charge in [-0.1, -0.05) is 18.2 Å². The Bertz CT molecular complexity index is 666. The molecule has 108 valence electrons. The van der Waals surface area contributed by atoms with E-state index in [4.69, 9.17) is 4.74 Å². The fourth-order valence-electron chi connectivity index (χ4n) is 2.52. The molecule has 0 radical (unpaired) electrons. The Balaban J connectivity index is 1.91. The molecule has 6 nitrogen and oxygen atoms in total. The number of amides is 1. The summed E-state index contributed by atoms with van der Waals surface area (Å²) in [6.07, 6.45) is 1.81. The lowest BCUT2D eigenvalue weighted by molar-refractivity contribution is -0.145. The minimum Gasteiger partial charge on any atom is -0.469 e. The Morgan fingerprint density at radius 1 is 1.29 bits per heavy atom. The van der Waals surface area contributed by atoms with Crippen LogP contribution >= 0.6 is 0 Å². The molecular formula is C15H15N3O3. The van der Waals surface area contributed by atoms with Crippen molar-refractivity contribution < 1.29 is 14.3 Å². The molecule has 2 heterocycles. The maximum absolute atomic E-state index is 12.2. The van der Waals surface area contributed by atoms with Crippen molar-refractivity contribution in [2.75, 3.05) is 18.6 Å². The van der Waals surface area contributed by atoms with Crippen molar-refractivity contribution in [1.82, 2.24) is 9.78 Å². The fraction of sp³-hybridized carbons (Fsp3) is 0.267. The third kappa shape index (κ3) is 2.40. The summed E-state index contributed by atoms with van der Waals surface area (Å²) in [7, 11) is 1.34. The number of esters is 1. The molecular weight excluding hydrogens is 270 g/mol. The van der Waals surface area contributed by atoms with Gasteiger partial charge in [-0.3, -0.25) is 14.5 Å². The van der Waals surface area contributed by atoms with Crippen LogP contribution in [-0.2, 0) is 14.3 Å². The van der Waals surface area contributed by atoms with Gasteiger partial charge in [0.05, 0.1) is 24.9 Å². The van der Waals surface area contributed by atoms with Gasteiger partial charge in [-0.25, -0.2) is 4.68 Å². The van der Waals surface area contributed by atoms with Crippen molar-refractivity contribution in [1.29, 1.82) is 0 Å². The highest BCUT2D eigenvalue weighted by molar-refractivity contribution is 5.99. The first-order valence-electron chi connectivity index (χ1n) is 6.68. The Labute approximate surface area is 121 Å². The minimum absolute atomic E-state index is 0.0944. The second-order valence-corrected chi connectivity index (χ2v) is 4.87. The largest absolute Gasteiger partial charge is 0.469 e. The number of benzene rings is 1. The molecule has 0 bridgehead atoms. The van der Waals surface area contributed by atoms with Gasteiger partial charge < -0.3 is 4.74 Å². The molecule has 21 heavy (non-hydrogen) atoms. The van der Waals surface area contributed by atoms with E-state index in [0.717, 1.165) is 5.69 Å². The van der Waals surface area contributed by atoms with E-state index in [1.165, 1.54) is 7.11 Å². The molecule has 1 fully saturated rings. The Kier molecular flexibility index (Phi) is 3.43. The van der Waals surface area contributed by atoms with Crippen LogP contribution in [0.5, 0.6) is 0 Å². The minimum atomic E-state index is -0.415. The van der Waals surface area contributed by atoms with Gasteiger partial charge in [-0.05, 0) is 12.1 Å². The number of aromatic nitrogens is 2. The number of ether oxygens (including phenoxy) is 1. The summed E-state index contributed by atoms with van der Waals surface area (Å²) in [5.74, 6) is -0.195. The smallest absolute Gasteiger partial charge is 0.311 e. The molecule has 1 unspecified atom stereocenters. The van der Waals surface area contributed by atoms with E-state index in [1.807, 2.05) is 30.3 Å². The lowest BCUT2D eigenvalue weighted by Gasteiger charge is -2.17. The number of anilines is 1. The van der Waals surface area contributed by atoms with Gasteiger partial charge in [0, 0.05) is 19.0 Å². The van der Waals surface area contributed by atoms with Crippen LogP contribution in [0.25, 0.3) is 5.69 Å². The summed E-state index contributed by atoms with van der Waals surface area (Å²) in [5, 5.41) is 4.26. The summed E-state index contributed by atoms with van der Waals surface area (Å²) in [5.41, 5.74) is 0.867. The highest BCUT2D eigenvalue weighted by Gasteiger charge is 2.37. The van der Waals surface area contributed by atoms with Crippen molar-refractivity contribution >= 4 is 17.7 Å². The van der Waals surface area contributed by atoms with Gasteiger partial charge in [-0.15, -0.1) is 0 Å². The molecule has 0 spiro atoms. The lowest BCUT2D eigenvalue weighted by Crippen LogP contribution is -2.28. The number of rotatable bonds is 3. The maximum atomic E-state index is 12.2. The predicted molar refractivity (Wildman–Crippen MR) is 76.0 cm³/mol. The van der Waals surface area contributed by atoms with Crippen LogP contribution in [0.3, 0.4) is 0 Å². The molecule has 1 aromatic heterocycles. The van der Waals surface area contributed by atoms with Crippen LogP contribution in [0.1, 0.15) is 6.42 Å². The van der Waals surface area contributed by atoms with Gasteiger partial charge >= 0.3 is 5.97 Å². The summed E-state index contributed by atoms with van der Waals surface area (Å²) < 4.78 is 6.41. The Hall–Kier alpha value is -2.63. The third-order valence-corrected chi connectivity index (χ3v) is 3.56. The highest BCUT2D eigenvalue weighted by atomic mass is 16.5. The number of hydrogen-bond donors (Lipinski definition) is 0. The van der Waals surface area contributed by atoms with Gasteiger partial charge in [0.1, 0.15) is 5.82 Å². The molecule has 1 amide bonds. The highest BCUT2D eigenvalue weighted by Crippen LogP contribution is 2.27. The molecule has 3 rings (SSSR count). The Morgan fingerprint density at radius 2 is 2.05 bits per heavy atom. The van der Waals surface area contributed by atoms with Crippen LogP contribution in [0.2, 0.25) is 0 Å². The summed E-state index contributed by atoms with van der Waals surface area (Å²) in [6.45, 7) is 0.323. The van der Waals surface area contributed by atoms with Crippen LogP contribution in [0.4, 0.5) is 5.82 Å². The van der Waals surface area contributed by atoms with Crippen LogP contribution in [0.15, 0.2) is 42.6 Å².